The molecule has 5 heteroatoms. The number of nitrogens with zero attached hydrogens (tertiary/aromatic N) is 2. The normalized spacial score (nSPS) is 20.4. The first-order chi connectivity index (χ1) is 11.6. The average Bonchev–Trinajstić information content (AvgIpc) is 3.37. The molecule has 3 rings (SSSR count). The van der Waals surface area contributed by atoms with Gasteiger partial charge in [0.1, 0.15) is 0 Å². The molecule has 2 saturated carbocycles. The largest absolute Gasteiger partial charge is 0.356 e. The summed E-state index contributed by atoms with van der Waals surface area (Å²) in [7, 11) is 6.23. The third-order valence-corrected chi connectivity index (χ3v) is 5.82. The number of benzene rings is 1. The number of hydrogen-bond acceptors (Lipinski definition) is 2. The van der Waals surface area contributed by atoms with Crippen molar-refractivity contribution in [2.75, 3.05) is 34.2 Å². The molecule has 2 aliphatic rings. The molecule has 0 radical (unpaired) electrons. The van der Waals surface area contributed by atoms with Gasteiger partial charge in [-0.3, -0.25) is 4.99 Å². The highest BCUT2D eigenvalue weighted by Crippen LogP contribution is 2.43. The van der Waals surface area contributed by atoms with Gasteiger partial charge in [0.05, 0.1) is 0 Å². The number of aliphatic imine (C=N–C) groups is 1. The van der Waals surface area contributed by atoms with Gasteiger partial charge in [-0.15, -0.1) is 24.0 Å². The Hall–Kier alpha value is -0.820. The zero-order valence-electron chi connectivity index (χ0n) is 15.8. The van der Waals surface area contributed by atoms with E-state index < -0.39 is 0 Å². The maximum atomic E-state index is 4.43. The SMILES string of the molecule is CN=C(NCC(C1CC1)N(C)C)NCC1(c2ccccc2)CCC1.I. The molecule has 2 aliphatic carbocycles. The molecule has 1 unspecified atom stereocenters. The lowest BCUT2D eigenvalue weighted by Gasteiger charge is -2.43. The Morgan fingerprint density at radius 3 is 2.36 bits per heavy atom. The van der Waals surface area contributed by atoms with Gasteiger partial charge in [-0.25, -0.2) is 0 Å². The Labute approximate surface area is 169 Å². The molecule has 0 bridgehead atoms. The fraction of sp³-hybridized carbons (Fsp3) is 0.650. The highest BCUT2D eigenvalue weighted by Gasteiger charge is 2.38. The topological polar surface area (TPSA) is 39.7 Å². The van der Waals surface area contributed by atoms with E-state index in [1.54, 1.807) is 0 Å². The van der Waals surface area contributed by atoms with Crippen molar-refractivity contribution in [1.82, 2.24) is 15.5 Å². The zero-order valence-corrected chi connectivity index (χ0v) is 18.1. The molecule has 1 aromatic carbocycles. The van der Waals surface area contributed by atoms with E-state index in [1.165, 1.54) is 37.7 Å². The molecular formula is C20H33IN4. The molecule has 0 amide bonds. The third kappa shape index (κ3) is 5.09. The van der Waals surface area contributed by atoms with Gasteiger partial charge in [0.25, 0.3) is 0 Å². The number of guanidine groups is 1. The molecule has 1 atom stereocenters. The fourth-order valence-corrected chi connectivity index (χ4v) is 3.89. The molecule has 2 fully saturated rings. The van der Waals surface area contributed by atoms with Crippen molar-refractivity contribution in [2.45, 2.75) is 43.6 Å². The number of nitrogens with one attached hydrogen (secondary N) is 2. The maximum Gasteiger partial charge on any atom is 0.191 e. The number of rotatable bonds is 7. The fourth-order valence-electron chi connectivity index (χ4n) is 3.89. The van der Waals surface area contributed by atoms with Crippen molar-refractivity contribution in [3.05, 3.63) is 35.9 Å². The van der Waals surface area contributed by atoms with Gasteiger partial charge in [-0.05, 0) is 51.3 Å². The lowest BCUT2D eigenvalue weighted by molar-refractivity contribution is 0.242. The summed E-state index contributed by atoms with van der Waals surface area (Å²) in [5.74, 6) is 1.79. The van der Waals surface area contributed by atoms with E-state index in [4.69, 9.17) is 0 Å². The Bertz CT molecular complexity index is 548. The summed E-state index contributed by atoms with van der Waals surface area (Å²) >= 11 is 0. The first-order valence-corrected chi connectivity index (χ1v) is 9.31. The summed E-state index contributed by atoms with van der Waals surface area (Å²) in [6.07, 6.45) is 6.60. The number of halogens is 1. The van der Waals surface area contributed by atoms with Crippen LogP contribution in [0.3, 0.4) is 0 Å². The maximum absolute atomic E-state index is 4.43. The minimum absolute atomic E-state index is 0. The van der Waals surface area contributed by atoms with Gasteiger partial charge in [0.2, 0.25) is 0 Å². The second-order valence-electron chi connectivity index (χ2n) is 7.67. The van der Waals surface area contributed by atoms with Crippen LogP contribution < -0.4 is 10.6 Å². The van der Waals surface area contributed by atoms with Crippen LogP contribution >= 0.6 is 24.0 Å². The Kier molecular flexibility index (Phi) is 7.55. The van der Waals surface area contributed by atoms with Gasteiger partial charge >= 0.3 is 0 Å². The second-order valence-corrected chi connectivity index (χ2v) is 7.67. The molecule has 140 valence electrons. The summed E-state index contributed by atoms with van der Waals surface area (Å²) < 4.78 is 0. The van der Waals surface area contributed by atoms with Gasteiger partial charge in [0.15, 0.2) is 5.96 Å². The summed E-state index contributed by atoms with van der Waals surface area (Å²) in [4.78, 5) is 6.77. The van der Waals surface area contributed by atoms with Crippen molar-refractivity contribution in [3.8, 4) is 0 Å². The van der Waals surface area contributed by atoms with E-state index in [0.717, 1.165) is 25.0 Å². The van der Waals surface area contributed by atoms with Crippen LogP contribution in [0.2, 0.25) is 0 Å². The minimum atomic E-state index is 0. The molecule has 1 aromatic rings. The second kappa shape index (κ2) is 9.21. The van der Waals surface area contributed by atoms with Crippen LogP contribution in [-0.4, -0.2) is 51.1 Å². The van der Waals surface area contributed by atoms with Crippen molar-refractivity contribution in [3.63, 3.8) is 0 Å². The summed E-state index contributed by atoms with van der Waals surface area (Å²) in [5.41, 5.74) is 1.75. The smallest absolute Gasteiger partial charge is 0.191 e. The van der Waals surface area contributed by atoms with Crippen LogP contribution in [0.4, 0.5) is 0 Å². The molecular weight excluding hydrogens is 423 g/mol. The molecule has 0 spiro atoms. The molecule has 2 N–H and O–H groups in total. The molecule has 0 heterocycles. The van der Waals surface area contributed by atoms with E-state index in [0.29, 0.717) is 6.04 Å². The van der Waals surface area contributed by atoms with E-state index in [9.17, 15) is 0 Å². The lowest BCUT2D eigenvalue weighted by atomic mass is 9.64. The highest BCUT2D eigenvalue weighted by molar-refractivity contribution is 14.0. The monoisotopic (exact) mass is 456 g/mol. The van der Waals surface area contributed by atoms with Crippen LogP contribution in [-0.2, 0) is 5.41 Å². The molecule has 4 nitrogen and oxygen atoms in total. The summed E-state index contributed by atoms with van der Waals surface area (Å²) in [6, 6.07) is 11.6. The van der Waals surface area contributed by atoms with Crippen LogP contribution in [0.25, 0.3) is 0 Å². The van der Waals surface area contributed by atoms with Gasteiger partial charge in [-0.2, -0.15) is 0 Å². The number of likely N-dealkylation sites (N-methyl/N-ethyl adjacent to an activating group) is 1. The van der Waals surface area contributed by atoms with Crippen LogP contribution in [0.15, 0.2) is 35.3 Å². The predicted octanol–water partition coefficient (Wildman–Crippen LogP) is 3.23. The average molecular weight is 456 g/mol. The lowest BCUT2D eigenvalue weighted by Crippen LogP contribution is -2.51. The summed E-state index contributed by atoms with van der Waals surface area (Å²) in [5, 5.41) is 7.13. The highest BCUT2D eigenvalue weighted by atomic mass is 127. The Morgan fingerprint density at radius 1 is 1.20 bits per heavy atom. The predicted molar refractivity (Wildman–Crippen MR) is 117 cm³/mol. The van der Waals surface area contributed by atoms with E-state index in [-0.39, 0.29) is 29.4 Å². The first-order valence-electron chi connectivity index (χ1n) is 9.31. The van der Waals surface area contributed by atoms with Crippen LogP contribution in [0, 0.1) is 5.92 Å². The first kappa shape index (κ1) is 20.5. The van der Waals surface area contributed by atoms with E-state index >= 15 is 0 Å². The van der Waals surface area contributed by atoms with Gasteiger partial charge in [-0.1, -0.05) is 36.8 Å². The van der Waals surface area contributed by atoms with Crippen molar-refractivity contribution >= 4 is 29.9 Å². The standard InChI is InChI=1S/C20H32N4.HI/c1-21-19(22-14-18(24(2)3)16-10-11-16)23-15-20(12-7-13-20)17-8-5-4-6-9-17;/h4-6,8-9,16,18H,7,10-15H2,1-3H3,(H2,21,22,23);1H. The van der Waals surface area contributed by atoms with Crippen molar-refractivity contribution < 1.29 is 0 Å². The van der Waals surface area contributed by atoms with Gasteiger partial charge in [0, 0.05) is 31.6 Å². The third-order valence-electron chi connectivity index (χ3n) is 5.82. The van der Waals surface area contributed by atoms with Crippen LogP contribution in [0.5, 0.6) is 0 Å². The quantitative estimate of drug-likeness (QED) is 0.376. The zero-order chi connectivity index (χ0) is 17.0. The molecule has 0 aromatic heterocycles. The number of hydrogen-bond donors (Lipinski definition) is 2. The summed E-state index contributed by atoms with van der Waals surface area (Å²) in [6.45, 7) is 1.93. The van der Waals surface area contributed by atoms with Crippen LogP contribution in [0.1, 0.15) is 37.7 Å². The van der Waals surface area contributed by atoms with E-state index in [2.05, 4.69) is 65.0 Å². The Morgan fingerprint density at radius 2 is 1.88 bits per heavy atom. The Balaban J connectivity index is 0.00000225. The van der Waals surface area contributed by atoms with Gasteiger partial charge < -0.3 is 15.5 Å². The molecule has 0 aliphatic heterocycles. The van der Waals surface area contributed by atoms with E-state index in [1.807, 2.05) is 7.05 Å². The molecule has 25 heavy (non-hydrogen) atoms. The minimum Gasteiger partial charge on any atom is -0.356 e. The van der Waals surface area contributed by atoms with Crippen molar-refractivity contribution in [2.24, 2.45) is 10.9 Å². The molecule has 0 saturated heterocycles. The van der Waals surface area contributed by atoms with Crippen molar-refractivity contribution in [1.29, 1.82) is 0 Å².